The standard InChI is InChI=1S/C18H12FNO2/c19-16-7-4-14(5-8-16)15-6-9-18(22)20(11-15)17-3-1-2-13(10-17)12-21/h1-12H. The van der Waals surface area contributed by atoms with E-state index < -0.39 is 0 Å². The molecule has 0 atom stereocenters. The molecule has 0 aliphatic carbocycles. The highest BCUT2D eigenvalue weighted by Gasteiger charge is 2.04. The molecule has 1 aromatic heterocycles. The first kappa shape index (κ1) is 13.9. The van der Waals surface area contributed by atoms with Crippen LogP contribution in [0, 0.1) is 5.82 Å². The summed E-state index contributed by atoms with van der Waals surface area (Å²) in [5, 5.41) is 0. The molecule has 0 saturated carbocycles. The molecule has 0 amide bonds. The van der Waals surface area contributed by atoms with Crippen molar-refractivity contribution < 1.29 is 9.18 Å². The molecule has 0 fully saturated rings. The minimum Gasteiger partial charge on any atom is -0.298 e. The van der Waals surface area contributed by atoms with Crippen molar-refractivity contribution in [2.45, 2.75) is 0 Å². The van der Waals surface area contributed by atoms with Gasteiger partial charge in [0.05, 0.1) is 0 Å². The molecule has 2 aromatic carbocycles. The van der Waals surface area contributed by atoms with Crippen molar-refractivity contribution in [1.29, 1.82) is 0 Å². The maximum atomic E-state index is 13.0. The Kier molecular flexibility index (Phi) is 3.66. The summed E-state index contributed by atoms with van der Waals surface area (Å²) < 4.78 is 14.5. The molecule has 1 heterocycles. The van der Waals surface area contributed by atoms with E-state index >= 15 is 0 Å². The number of carbonyl (C=O) groups excluding carboxylic acids is 1. The highest BCUT2D eigenvalue weighted by molar-refractivity contribution is 5.76. The first-order valence-corrected chi connectivity index (χ1v) is 6.71. The summed E-state index contributed by atoms with van der Waals surface area (Å²) in [6, 6.07) is 16.0. The van der Waals surface area contributed by atoms with Crippen molar-refractivity contribution in [1.82, 2.24) is 4.57 Å². The van der Waals surface area contributed by atoms with Crippen LogP contribution in [0.2, 0.25) is 0 Å². The summed E-state index contributed by atoms with van der Waals surface area (Å²) in [7, 11) is 0. The third-order valence-corrected chi connectivity index (χ3v) is 3.37. The lowest BCUT2D eigenvalue weighted by atomic mass is 10.1. The van der Waals surface area contributed by atoms with Gasteiger partial charge >= 0.3 is 0 Å². The third kappa shape index (κ3) is 2.72. The lowest BCUT2D eigenvalue weighted by Crippen LogP contribution is -2.16. The lowest BCUT2D eigenvalue weighted by molar-refractivity contribution is 0.112. The normalized spacial score (nSPS) is 10.4. The minimum atomic E-state index is -0.309. The van der Waals surface area contributed by atoms with Crippen LogP contribution in [0.1, 0.15) is 10.4 Å². The zero-order chi connectivity index (χ0) is 15.5. The largest absolute Gasteiger partial charge is 0.298 e. The molecule has 108 valence electrons. The van der Waals surface area contributed by atoms with Crippen molar-refractivity contribution in [2.24, 2.45) is 0 Å². The SMILES string of the molecule is O=Cc1cccc(-n2cc(-c3ccc(F)cc3)ccc2=O)c1. The second-order valence-electron chi connectivity index (χ2n) is 4.85. The van der Waals surface area contributed by atoms with Crippen LogP contribution in [0.4, 0.5) is 4.39 Å². The molecule has 0 aliphatic heterocycles. The van der Waals surface area contributed by atoms with Crippen molar-refractivity contribution in [3.8, 4) is 16.8 Å². The number of rotatable bonds is 3. The number of aldehydes is 1. The van der Waals surface area contributed by atoms with Gasteiger partial charge in [-0.1, -0.05) is 24.3 Å². The number of aromatic nitrogens is 1. The van der Waals surface area contributed by atoms with Gasteiger partial charge in [-0.05, 0) is 41.5 Å². The van der Waals surface area contributed by atoms with Crippen molar-refractivity contribution in [3.05, 3.63) is 88.6 Å². The van der Waals surface area contributed by atoms with Gasteiger partial charge in [0, 0.05) is 23.5 Å². The van der Waals surface area contributed by atoms with E-state index in [1.807, 2.05) is 0 Å². The molecule has 0 spiro atoms. The molecule has 0 saturated heterocycles. The maximum Gasteiger partial charge on any atom is 0.255 e. The predicted octanol–water partition coefficient (Wildman–Crippen LogP) is 3.46. The zero-order valence-electron chi connectivity index (χ0n) is 11.6. The maximum absolute atomic E-state index is 13.0. The Morgan fingerprint density at radius 2 is 1.64 bits per heavy atom. The van der Waals surface area contributed by atoms with Crippen LogP contribution in [0.3, 0.4) is 0 Å². The molecular weight excluding hydrogens is 281 g/mol. The molecular formula is C18H12FNO2. The fraction of sp³-hybridized carbons (Fsp3) is 0. The number of pyridine rings is 1. The first-order valence-electron chi connectivity index (χ1n) is 6.71. The highest BCUT2D eigenvalue weighted by atomic mass is 19.1. The second kappa shape index (κ2) is 5.77. The van der Waals surface area contributed by atoms with Crippen LogP contribution in [-0.2, 0) is 0 Å². The van der Waals surface area contributed by atoms with Crippen LogP contribution in [0.25, 0.3) is 16.8 Å². The average molecular weight is 293 g/mol. The van der Waals surface area contributed by atoms with Crippen molar-refractivity contribution in [2.75, 3.05) is 0 Å². The van der Waals surface area contributed by atoms with Gasteiger partial charge in [-0.15, -0.1) is 0 Å². The van der Waals surface area contributed by atoms with E-state index in [9.17, 15) is 14.0 Å². The van der Waals surface area contributed by atoms with Crippen LogP contribution in [0.15, 0.2) is 71.7 Å². The Hall–Kier alpha value is -3.01. The average Bonchev–Trinajstić information content (AvgIpc) is 2.56. The third-order valence-electron chi connectivity index (χ3n) is 3.37. The molecule has 3 aromatic rings. The topological polar surface area (TPSA) is 39.1 Å². The summed E-state index contributed by atoms with van der Waals surface area (Å²) in [5.41, 5.74) is 2.50. The number of hydrogen-bond acceptors (Lipinski definition) is 2. The molecule has 0 radical (unpaired) electrons. The molecule has 4 heteroatoms. The first-order chi connectivity index (χ1) is 10.7. The summed E-state index contributed by atoms with van der Waals surface area (Å²) in [6.07, 6.45) is 2.41. The minimum absolute atomic E-state index is 0.200. The van der Waals surface area contributed by atoms with Gasteiger partial charge in [-0.3, -0.25) is 14.2 Å². The molecule has 3 rings (SSSR count). The summed E-state index contributed by atoms with van der Waals surface area (Å²) in [4.78, 5) is 22.9. The molecule has 22 heavy (non-hydrogen) atoms. The fourth-order valence-corrected chi connectivity index (χ4v) is 2.25. The monoisotopic (exact) mass is 293 g/mol. The Morgan fingerprint density at radius 1 is 0.909 bits per heavy atom. The Morgan fingerprint density at radius 3 is 2.36 bits per heavy atom. The van der Waals surface area contributed by atoms with E-state index in [1.165, 1.54) is 22.8 Å². The van der Waals surface area contributed by atoms with Gasteiger partial charge in [0.25, 0.3) is 5.56 Å². The van der Waals surface area contributed by atoms with Crippen LogP contribution < -0.4 is 5.56 Å². The number of halogens is 1. The molecule has 0 bridgehead atoms. The van der Waals surface area contributed by atoms with Crippen LogP contribution in [-0.4, -0.2) is 10.9 Å². The van der Waals surface area contributed by atoms with Gasteiger partial charge in [0.15, 0.2) is 0 Å². The second-order valence-corrected chi connectivity index (χ2v) is 4.85. The highest BCUT2D eigenvalue weighted by Crippen LogP contribution is 2.19. The van der Waals surface area contributed by atoms with Gasteiger partial charge < -0.3 is 0 Å². The van der Waals surface area contributed by atoms with Gasteiger partial charge in [-0.25, -0.2) is 4.39 Å². The van der Waals surface area contributed by atoms with Crippen LogP contribution >= 0.6 is 0 Å². The summed E-state index contributed by atoms with van der Waals surface area (Å²) in [5.74, 6) is -0.309. The smallest absolute Gasteiger partial charge is 0.255 e. The quantitative estimate of drug-likeness (QED) is 0.694. The zero-order valence-corrected chi connectivity index (χ0v) is 11.6. The van der Waals surface area contributed by atoms with E-state index in [0.717, 1.165) is 17.4 Å². The molecule has 3 nitrogen and oxygen atoms in total. The van der Waals surface area contributed by atoms with Gasteiger partial charge in [0.1, 0.15) is 12.1 Å². The number of benzene rings is 2. The summed E-state index contributed by atoms with van der Waals surface area (Å²) >= 11 is 0. The number of hydrogen-bond donors (Lipinski definition) is 0. The van der Waals surface area contributed by atoms with Gasteiger partial charge in [0.2, 0.25) is 0 Å². The predicted molar refractivity (Wildman–Crippen MR) is 82.8 cm³/mol. The molecule has 0 unspecified atom stereocenters. The number of carbonyl (C=O) groups is 1. The Bertz CT molecular complexity index is 882. The molecule has 0 aliphatic rings. The van der Waals surface area contributed by atoms with E-state index in [2.05, 4.69) is 0 Å². The van der Waals surface area contributed by atoms with Crippen LogP contribution in [0.5, 0.6) is 0 Å². The Balaban J connectivity index is 2.12. The van der Waals surface area contributed by atoms with E-state index in [4.69, 9.17) is 0 Å². The lowest BCUT2D eigenvalue weighted by Gasteiger charge is -2.09. The van der Waals surface area contributed by atoms with Gasteiger partial charge in [-0.2, -0.15) is 0 Å². The van der Waals surface area contributed by atoms with E-state index in [1.54, 1.807) is 48.7 Å². The van der Waals surface area contributed by atoms with Crippen molar-refractivity contribution >= 4 is 6.29 Å². The van der Waals surface area contributed by atoms with Crippen molar-refractivity contribution in [3.63, 3.8) is 0 Å². The Labute approximate surface area is 126 Å². The molecule has 0 N–H and O–H groups in total. The summed E-state index contributed by atoms with van der Waals surface area (Å²) in [6.45, 7) is 0. The fourth-order valence-electron chi connectivity index (χ4n) is 2.25. The van der Waals surface area contributed by atoms with E-state index in [0.29, 0.717) is 11.3 Å². The van der Waals surface area contributed by atoms with E-state index in [-0.39, 0.29) is 11.4 Å². The number of nitrogens with zero attached hydrogens (tertiary/aromatic N) is 1.